The summed E-state index contributed by atoms with van der Waals surface area (Å²) in [6.45, 7) is 10.6. The van der Waals surface area contributed by atoms with Crippen molar-refractivity contribution in [3.63, 3.8) is 0 Å². The Bertz CT molecular complexity index is 567. The van der Waals surface area contributed by atoms with Gasteiger partial charge in [0.25, 0.3) is 0 Å². The van der Waals surface area contributed by atoms with Crippen molar-refractivity contribution >= 4 is 5.96 Å². The van der Waals surface area contributed by atoms with Crippen LogP contribution >= 0.6 is 0 Å². The molecule has 3 rings (SSSR count). The summed E-state index contributed by atoms with van der Waals surface area (Å²) in [7, 11) is 0. The Morgan fingerprint density at radius 2 is 1.73 bits per heavy atom. The molecule has 0 saturated carbocycles. The molecule has 0 radical (unpaired) electrons. The molecule has 0 aromatic heterocycles. The predicted molar refractivity (Wildman–Crippen MR) is 109 cm³/mol. The molecule has 1 aromatic rings. The SMILES string of the molecule is CCNC(=NCCN1CCN(Cc2ccccc2)CC1)NC1CC=CC1. The van der Waals surface area contributed by atoms with E-state index in [1.807, 2.05) is 0 Å². The summed E-state index contributed by atoms with van der Waals surface area (Å²) in [5.41, 5.74) is 1.41. The maximum Gasteiger partial charge on any atom is 0.191 e. The molecule has 2 N–H and O–H groups in total. The molecule has 1 aliphatic heterocycles. The minimum atomic E-state index is 0.509. The molecule has 0 amide bonds. The van der Waals surface area contributed by atoms with Crippen LogP contribution in [0, 0.1) is 0 Å². The van der Waals surface area contributed by atoms with Gasteiger partial charge in [-0.1, -0.05) is 42.5 Å². The molecule has 0 atom stereocenters. The highest BCUT2D eigenvalue weighted by Gasteiger charge is 2.16. The van der Waals surface area contributed by atoms with Crippen molar-refractivity contribution in [1.29, 1.82) is 0 Å². The fourth-order valence-corrected chi connectivity index (χ4v) is 3.56. The number of guanidine groups is 1. The minimum absolute atomic E-state index is 0.509. The third-order valence-corrected chi connectivity index (χ3v) is 5.09. The molecule has 1 fully saturated rings. The largest absolute Gasteiger partial charge is 0.357 e. The van der Waals surface area contributed by atoms with E-state index in [1.165, 1.54) is 5.56 Å². The van der Waals surface area contributed by atoms with Crippen LogP contribution in [-0.4, -0.2) is 67.6 Å². The van der Waals surface area contributed by atoms with Crippen LogP contribution in [0.15, 0.2) is 47.5 Å². The highest BCUT2D eigenvalue weighted by atomic mass is 15.3. The van der Waals surface area contributed by atoms with Gasteiger partial charge in [-0.25, -0.2) is 0 Å². The van der Waals surface area contributed by atoms with E-state index in [-0.39, 0.29) is 0 Å². The molecule has 0 unspecified atom stereocenters. The minimum Gasteiger partial charge on any atom is -0.357 e. The second-order valence-electron chi connectivity index (χ2n) is 7.15. The van der Waals surface area contributed by atoms with Gasteiger partial charge >= 0.3 is 0 Å². The first-order valence-corrected chi connectivity index (χ1v) is 10.0. The third kappa shape index (κ3) is 6.15. The zero-order valence-electron chi connectivity index (χ0n) is 16.0. The quantitative estimate of drug-likeness (QED) is 0.446. The van der Waals surface area contributed by atoms with E-state index in [1.54, 1.807) is 0 Å². The molecule has 1 saturated heterocycles. The van der Waals surface area contributed by atoms with Crippen molar-refractivity contribution in [2.45, 2.75) is 32.4 Å². The number of rotatable bonds is 7. The summed E-state index contributed by atoms with van der Waals surface area (Å²) < 4.78 is 0. The lowest BCUT2D eigenvalue weighted by Gasteiger charge is -2.34. The van der Waals surface area contributed by atoms with E-state index in [0.717, 1.165) is 71.2 Å². The van der Waals surface area contributed by atoms with E-state index < -0.39 is 0 Å². The summed E-state index contributed by atoms with van der Waals surface area (Å²) in [6, 6.07) is 11.3. The standard InChI is InChI=1S/C21H33N5/c1-2-22-21(24-20-10-6-7-11-20)23-12-13-25-14-16-26(17-15-25)18-19-8-4-3-5-9-19/h3-9,20H,2,10-18H2,1H3,(H2,22,23,24). The molecule has 0 bridgehead atoms. The van der Waals surface area contributed by atoms with Gasteiger partial charge in [0.1, 0.15) is 0 Å². The summed E-state index contributed by atoms with van der Waals surface area (Å²) in [5.74, 6) is 0.962. The average Bonchev–Trinajstić information content (AvgIpc) is 3.17. The third-order valence-electron chi connectivity index (χ3n) is 5.09. The van der Waals surface area contributed by atoms with Crippen molar-refractivity contribution in [3.8, 4) is 0 Å². The van der Waals surface area contributed by atoms with E-state index >= 15 is 0 Å². The first-order chi connectivity index (χ1) is 12.8. The number of benzene rings is 1. The lowest BCUT2D eigenvalue weighted by Crippen LogP contribution is -2.47. The lowest BCUT2D eigenvalue weighted by atomic mass is 10.2. The van der Waals surface area contributed by atoms with Crippen molar-refractivity contribution in [2.24, 2.45) is 4.99 Å². The fraction of sp³-hybridized carbons (Fsp3) is 0.571. The van der Waals surface area contributed by atoms with E-state index in [9.17, 15) is 0 Å². The van der Waals surface area contributed by atoms with Gasteiger partial charge in [-0.05, 0) is 25.3 Å². The number of piperazine rings is 1. The Morgan fingerprint density at radius 1 is 1.04 bits per heavy atom. The molecule has 5 nitrogen and oxygen atoms in total. The van der Waals surface area contributed by atoms with Crippen molar-refractivity contribution < 1.29 is 0 Å². The first kappa shape index (κ1) is 18.9. The highest BCUT2D eigenvalue weighted by molar-refractivity contribution is 5.80. The Morgan fingerprint density at radius 3 is 2.42 bits per heavy atom. The Hall–Kier alpha value is -1.85. The molecule has 142 valence electrons. The van der Waals surface area contributed by atoms with Crippen LogP contribution < -0.4 is 10.6 Å². The molecular weight excluding hydrogens is 322 g/mol. The maximum absolute atomic E-state index is 4.77. The van der Waals surface area contributed by atoms with Crippen LogP contribution in [0.3, 0.4) is 0 Å². The van der Waals surface area contributed by atoms with Crippen LogP contribution in [0.25, 0.3) is 0 Å². The molecule has 0 spiro atoms. The Labute approximate surface area is 158 Å². The van der Waals surface area contributed by atoms with Gasteiger partial charge in [-0.2, -0.15) is 0 Å². The molecule has 5 heteroatoms. The molecule has 1 aromatic carbocycles. The molecule has 1 aliphatic carbocycles. The monoisotopic (exact) mass is 355 g/mol. The number of nitrogens with one attached hydrogen (secondary N) is 2. The van der Waals surface area contributed by atoms with E-state index in [2.05, 4.69) is 69.8 Å². The zero-order chi connectivity index (χ0) is 18.0. The smallest absolute Gasteiger partial charge is 0.191 e. The van der Waals surface area contributed by atoms with Crippen LogP contribution in [0.5, 0.6) is 0 Å². The number of hydrogen-bond acceptors (Lipinski definition) is 3. The summed E-state index contributed by atoms with van der Waals surface area (Å²) in [5, 5.41) is 6.90. The fourth-order valence-electron chi connectivity index (χ4n) is 3.56. The van der Waals surface area contributed by atoms with Crippen molar-refractivity contribution in [1.82, 2.24) is 20.4 Å². The summed E-state index contributed by atoms with van der Waals surface area (Å²) in [6.07, 6.45) is 6.70. The van der Waals surface area contributed by atoms with Crippen LogP contribution in [0.4, 0.5) is 0 Å². The average molecular weight is 356 g/mol. The normalized spacial score (nSPS) is 19.8. The van der Waals surface area contributed by atoms with Gasteiger partial charge in [0.2, 0.25) is 0 Å². The molecular formula is C21H33N5. The van der Waals surface area contributed by atoms with Crippen molar-refractivity contribution in [2.75, 3.05) is 45.8 Å². The van der Waals surface area contributed by atoms with Gasteiger partial charge in [0, 0.05) is 51.9 Å². The topological polar surface area (TPSA) is 42.9 Å². The van der Waals surface area contributed by atoms with Crippen LogP contribution in [0.1, 0.15) is 25.3 Å². The number of aliphatic imine (C=N–C) groups is 1. The van der Waals surface area contributed by atoms with Crippen LogP contribution in [-0.2, 0) is 6.54 Å². The van der Waals surface area contributed by atoms with Crippen molar-refractivity contribution in [3.05, 3.63) is 48.0 Å². The van der Waals surface area contributed by atoms with Gasteiger partial charge < -0.3 is 10.6 Å². The number of hydrogen-bond donors (Lipinski definition) is 2. The van der Waals surface area contributed by atoms with Crippen LogP contribution in [0.2, 0.25) is 0 Å². The summed E-state index contributed by atoms with van der Waals surface area (Å²) in [4.78, 5) is 9.85. The maximum atomic E-state index is 4.77. The molecule has 26 heavy (non-hydrogen) atoms. The zero-order valence-corrected chi connectivity index (χ0v) is 16.0. The van der Waals surface area contributed by atoms with Gasteiger partial charge in [0.05, 0.1) is 6.54 Å². The lowest BCUT2D eigenvalue weighted by molar-refractivity contribution is 0.130. The second kappa shape index (κ2) is 10.3. The van der Waals surface area contributed by atoms with Gasteiger partial charge in [0.15, 0.2) is 5.96 Å². The predicted octanol–water partition coefficient (Wildman–Crippen LogP) is 2.08. The van der Waals surface area contributed by atoms with E-state index in [0.29, 0.717) is 6.04 Å². The summed E-state index contributed by atoms with van der Waals surface area (Å²) >= 11 is 0. The number of nitrogens with zero attached hydrogens (tertiary/aromatic N) is 3. The Kier molecular flexibility index (Phi) is 7.52. The molecule has 2 aliphatic rings. The van der Waals surface area contributed by atoms with Gasteiger partial charge in [-0.15, -0.1) is 0 Å². The highest BCUT2D eigenvalue weighted by Crippen LogP contribution is 2.09. The molecule has 1 heterocycles. The Balaban J connectivity index is 1.36. The first-order valence-electron chi connectivity index (χ1n) is 10.0. The van der Waals surface area contributed by atoms with E-state index in [4.69, 9.17) is 4.99 Å². The second-order valence-corrected chi connectivity index (χ2v) is 7.15. The van der Waals surface area contributed by atoms with Gasteiger partial charge in [-0.3, -0.25) is 14.8 Å².